The number of piperidine rings is 1. The number of nitrogens with zero attached hydrogens (tertiary/aromatic N) is 4. The average Bonchev–Trinajstić information content (AvgIpc) is 3.31. The van der Waals surface area contributed by atoms with E-state index in [2.05, 4.69) is 22.5 Å². The molecule has 35 heavy (non-hydrogen) atoms. The maximum Gasteiger partial charge on any atom is 0.243 e. The van der Waals surface area contributed by atoms with Crippen LogP contribution in [0.1, 0.15) is 37.3 Å². The van der Waals surface area contributed by atoms with Gasteiger partial charge in [-0.15, -0.1) is 0 Å². The predicted molar refractivity (Wildman–Crippen MR) is 136 cm³/mol. The minimum atomic E-state index is -3.49. The largest absolute Gasteiger partial charge is 0.325 e. The summed E-state index contributed by atoms with van der Waals surface area (Å²) in [5.41, 5.74) is 2.77. The molecule has 0 aliphatic carbocycles. The summed E-state index contributed by atoms with van der Waals surface area (Å²) in [5, 5.41) is 7.33. The molecule has 8 nitrogen and oxygen atoms in total. The van der Waals surface area contributed by atoms with Crippen molar-refractivity contribution in [3.05, 3.63) is 78.1 Å². The van der Waals surface area contributed by atoms with Gasteiger partial charge in [0.05, 0.1) is 23.7 Å². The highest BCUT2D eigenvalue weighted by Gasteiger charge is 2.26. The topological polar surface area (TPSA) is 87.5 Å². The van der Waals surface area contributed by atoms with Gasteiger partial charge in [0.2, 0.25) is 15.9 Å². The molecule has 1 aliphatic heterocycles. The highest BCUT2D eigenvalue weighted by atomic mass is 32.2. The van der Waals surface area contributed by atoms with E-state index in [1.165, 1.54) is 5.56 Å². The lowest BCUT2D eigenvalue weighted by atomic mass is 10.2. The second-order valence-electron chi connectivity index (χ2n) is 9.10. The molecule has 9 heteroatoms. The number of anilines is 1. The number of aromatic nitrogens is 2. The van der Waals surface area contributed by atoms with Crippen molar-refractivity contribution >= 4 is 21.6 Å². The number of hydrogen-bond donors (Lipinski definition) is 1. The first-order valence-electron chi connectivity index (χ1n) is 12.0. The van der Waals surface area contributed by atoms with Crippen molar-refractivity contribution in [1.29, 1.82) is 0 Å². The van der Waals surface area contributed by atoms with Crippen LogP contribution in [0.5, 0.6) is 0 Å². The number of nitrogens with one attached hydrogen (secondary N) is 1. The lowest BCUT2D eigenvalue weighted by Gasteiger charge is -2.26. The minimum Gasteiger partial charge on any atom is -0.325 e. The number of benzene rings is 2. The molecule has 1 N–H and O–H groups in total. The van der Waals surface area contributed by atoms with Crippen LogP contribution in [0, 0.1) is 0 Å². The van der Waals surface area contributed by atoms with E-state index in [9.17, 15) is 13.2 Å². The maximum atomic E-state index is 12.8. The van der Waals surface area contributed by atoms with E-state index in [0.29, 0.717) is 31.9 Å². The molecule has 1 aromatic heterocycles. The van der Waals surface area contributed by atoms with Crippen molar-refractivity contribution in [3.63, 3.8) is 0 Å². The van der Waals surface area contributed by atoms with Crippen LogP contribution in [-0.4, -0.2) is 59.5 Å². The normalized spacial score (nSPS) is 15.7. The van der Waals surface area contributed by atoms with Crippen LogP contribution in [0.2, 0.25) is 0 Å². The fourth-order valence-corrected chi connectivity index (χ4v) is 5.70. The Balaban J connectivity index is 1.31. The van der Waals surface area contributed by atoms with Crippen LogP contribution < -0.4 is 5.32 Å². The second-order valence-corrected chi connectivity index (χ2v) is 11.0. The van der Waals surface area contributed by atoms with E-state index in [4.69, 9.17) is 0 Å². The first kappa shape index (κ1) is 25.1. The molecule has 0 spiro atoms. The van der Waals surface area contributed by atoms with Gasteiger partial charge in [0, 0.05) is 37.1 Å². The van der Waals surface area contributed by atoms with Crippen LogP contribution in [0.15, 0.2) is 71.9 Å². The zero-order chi connectivity index (χ0) is 24.8. The standard InChI is InChI=1S/C26H33N5O3S/c1-21(29(2)18-23-17-27-30(20-23)19-22-9-5-3-6-10-22)26(32)28-24-11-13-25(14-12-24)35(33,34)31-15-7-4-8-16-31/h3,5-6,9-14,17,20-21H,4,7-8,15-16,18-19H2,1-2H3,(H,28,32). The van der Waals surface area contributed by atoms with Crippen molar-refractivity contribution < 1.29 is 13.2 Å². The Morgan fingerprint density at radius 1 is 1.03 bits per heavy atom. The Morgan fingerprint density at radius 2 is 1.71 bits per heavy atom. The van der Waals surface area contributed by atoms with Gasteiger partial charge in [-0.1, -0.05) is 36.8 Å². The van der Waals surface area contributed by atoms with E-state index >= 15 is 0 Å². The Labute approximate surface area is 207 Å². The van der Waals surface area contributed by atoms with Crippen LogP contribution in [-0.2, 0) is 27.9 Å². The van der Waals surface area contributed by atoms with Crippen LogP contribution in [0.3, 0.4) is 0 Å². The molecular formula is C26H33N5O3S. The molecule has 186 valence electrons. The monoisotopic (exact) mass is 495 g/mol. The van der Waals surface area contributed by atoms with Gasteiger partial charge in [-0.25, -0.2) is 8.42 Å². The highest BCUT2D eigenvalue weighted by molar-refractivity contribution is 7.89. The summed E-state index contributed by atoms with van der Waals surface area (Å²) >= 11 is 0. The van der Waals surface area contributed by atoms with Crippen molar-refractivity contribution in [1.82, 2.24) is 19.0 Å². The van der Waals surface area contributed by atoms with Gasteiger partial charge in [-0.2, -0.15) is 9.40 Å². The number of rotatable bonds is 9. The molecule has 4 rings (SSSR count). The van der Waals surface area contributed by atoms with E-state index in [1.54, 1.807) is 28.6 Å². The first-order valence-corrected chi connectivity index (χ1v) is 13.4. The molecule has 2 aromatic carbocycles. The van der Waals surface area contributed by atoms with E-state index < -0.39 is 10.0 Å². The Morgan fingerprint density at radius 3 is 2.40 bits per heavy atom. The smallest absolute Gasteiger partial charge is 0.243 e. The third-order valence-corrected chi connectivity index (χ3v) is 8.33. The number of amides is 1. The van der Waals surface area contributed by atoms with Gasteiger partial charge in [0.15, 0.2) is 0 Å². The van der Waals surface area contributed by atoms with Crippen molar-refractivity contribution in [3.8, 4) is 0 Å². The Hall–Kier alpha value is -3.01. The Bertz CT molecular complexity index is 1220. The van der Waals surface area contributed by atoms with E-state index in [-0.39, 0.29) is 16.8 Å². The molecule has 0 bridgehead atoms. The molecule has 1 unspecified atom stereocenters. The SMILES string of the molecule is CC(C(=O)Nc1ccc(S(=O)(=O)N2CCCCC2)cc1)N(C)Cc1cnn(Cc2ccccc2)c1. The van der Waals surface area contributed by atoms with Crippen LogP contribution >= 0.6 is 0 Å². The van der Waals surface area contributed by atoms with Gasteiger partial charge in [0.1, 0.15) is 0 Å². The minimum absolute atomic E-state index is 0.157. The summed E-state index contributed by atoms with van der Waals surface area (Å²) in [6.07, 6.45) is 6.68. The highest BCUT2D eigenvalue weighted by Crippen LogP contribution is 2.22. The molecule has 1 fully saturated rings. The molecule has 2 heterocycles. The number of carbonyl (C=O) groups excluding carboxylic acids is 1. The summed E-state index contributed by atoms with van der Waals surface area (Å²) in [6, 6.07) is 16.2. The van der Waals surface area contributed by atoms with Crippen LogP contribution in [0.4, 0.5) is 5.69 Å². The molecule has 1 atom stereocenters. The second kappa shape index (κ2) is 11.2. The molecule has 0 saturated carbocycles. The molecule has 1 amide bonds. The quantitative estimate of drug-likeness (QED) is 0.490. The molecule has 1 aliphatic rings. The van der Waals surface area contributed by atoms with Gasteiger partial charge in [-0.3, -0.25) is 14.4 Å². The molecule has 3 aromatic rings. The third-order valence-electron chi connectivity index (χ3n) is 6.42. The fraction of sp³-hybridized carbons (Fsp3) is 0.385. The number of carbonyl (C=O) groups is 1. The third kappa shape index (κ3) is 6.36. The molecule has 1 saturated heterocycles. The summed E-state index contributed by atoms with van der Waals surface area (Å²) in [5.74, 6) is -0.157. The van der Waals surface area contributed by atoms with Gasteiger partial charge in [-0.05, 0) is 56.6 Å². The zero-order valence-corrected chi connectivity index (χ0v) is 21.1. The summed E-state index contributed by atoms with van der Waals surface area (Å²) in [7, 11) is -1.59. The van der Waals surface area contributed by atoms with E-state index in [1.807, 2.05) is 54.1 Å². The average molecular weight is 496 g/mol. The first-order chi connectivity index (χ1) is 16.8. The molecular weight excluding hydrogens is 462 g/mol. The lowest BCUT2D eigenvalue weighted by molar-refractivity contribution is -0.120. The number of likely N-dealkylation sites (N-methyl/N-ethyl adjacent to an activating group) is 1. The zero-order valence-electron chi connectivity index (χ0n) is 20.3. The summed E-state index contributed by atoms with van der Waals surface area (Å²) in [6.45, 7) is 4.25. The van der Waals surface area contributed by atoms with Gasteiger partial charge >= 0.3 is 0 Å². The van der Waals surface area contributed by atoms with Crippen molar-refractivity contribution in [2.45, 2.75) is 50.2 Å². The van der Waals surface area contributed by atoms with Crippen LogP contribution in [0.25, 0.3) is 0 Å². The maximum absolute atomic E-state index is 12.8. The van der Waals surface area contributed by atoms with Gasteiger partial charge < -0.3 is 5.32 Å². The molecule has 0 radical (unpaired) electrons. The predicted octanol–water partition coefficient (Wildman–Crippen LogP) is 3.57. The number of sulfonamides is 1. The van der Waals surface area contributed by atoms with Crippen molar-refractivity contribution in [2.75, 3.05) is 25.5 Å². The Kier molecular flexibility index (Phi) is 8.00. The number of hydrogen-bond acceptors (Lipinski definition) is 5. The van der Waals surface area contributed by atoms with Gasteiger partial charge in [0.25, 0.3) is 0 Å². The van der Waals surface area contributed by atoms with E-state index in [0.717, 1.165) is 24.8 Å². The lowest BCUT2D eigenvalue weighted by Crippen LogP contribution is -2.39. The summed E-state index contributed by atoms with van der Waals surface area (Å²) < 4.78 is 29.1. The van der Waals surface area contributed by atoms with Crippen molar-refractivity contribution in [2.24, 2.45) is 0 Å². The fourth-order valence-electron chi connectivity index (χ4n) is 4.18. The summed E-state index contributed by atoms with van der Waals surface area (Å²) in [4.78, 5) is 15.0.